The van der Waals surface area contributed by atoms with Gasteiger partial charge in [0.1, 0.15) is 5.02 Å². The second-order valence-corrected chi connectivity index (χ2v) is 3.03. The van der Waals surface area contributed by atoms with E-state index in [4.69, 9.17) is 11.6 Å². The lowest BCUT2D eigenvalue weighted by Crippen LogP contribution is -1.97. The summed E-state index contributed by atoms with van der Waals surface area (Å²) in [6, 6.07) is 9.61. The maximum atomic E-state index is 5.85. The molecular formula is C9H7ClN4. The molecule has 0 fully saturated rings. The molecule has 0 unspecified atom stereocenters. The Hall–Kier alpha value is -1.68. The number of aromatic nitrogens is 3. The Morgan fingerprint density at radius 3 is 2.64 bits per heavy atom. The Morgan fingerprint density at radius 2 is 1.93 bits per heavy atom. The lowest BCUT2D eigenvalue weighted by molar-refractivity contribution is 0.871. The van der Waals surface area contributed by atoms with Crippen LogP contribution < -0.4 is 5.32 Å². The van der Waals surface area contributed by atoms with E-state index in [0.717, 1.165) is 5.69 Å². The normalized spacial score (nSPS) is 9.79. The van der Waals surface area contributed by atoms with Crippen LogP contribution in [0.3, 0.4) is 0 Å². The highest BCUT2D eigenvalue weighted by atomic mass is 35.5. The molecule has 0 aliphatic rings. The average molecular weight is 207 g/mol. The topological polar surface area (TPSA) is 50.7 Å². The predicted octanol–water partition coefficient (Wildman–Crippen LogP) is 2.27. The molecule has 0 radical (unpaired) electrons. The first-order chi connectivity index (χ1) is 6.86. The van der Waals surface area contributed by atoms with Crippen molar-refractivity contribution in [2.45, 2.75) is 0 Å². The summed E-state index contributed by atoms with van der Waals surface area (Å²) in [5.41, 5.74) is 0.912. The molecule has 5 heteroatoms. The van der Waals surface area contributed by atoms with E-state index >= 15 is 0 Å². The van der Waals surface area contributed by atoms with Gasteiger partial charge in [0.05, 0.1) is 6.20 Å². The van der Waals surface area contributed by atoms with Crippen LogP contribution >= 0.6 is 11.6 Å². The molecule has 0 spiro atoms. The number of anilines is 2. The van der Waals surface area contributed by atoms with Gasteiger partial charge in [-0.15, -0.1) is 10.2 Å². The second kappa shape index (κ2) is 4.02. The summed E-state index contributed by atoms with van der Waals surface area (Å²) in [4.78, 5) is 0. The molecule has 2 aromatic rings. The van der Waals surface area contributed by atoms with E-state index in [0.29, 0.717) is 10.8 Å². The molecule has 0 aliphatic heterocycles. The summed E-state index contributed by atoms with van der Waals surface area (Å²) in [6.45, 7) is 0. The Morgan fingerprint density at radius 1 is 1.14 bits per heavy atom. The first-order valence-corrected chi connectivity index (χ1v) is 4.40. The van der Waals surface area contributed by atoms with Gasteiger partial charge in [0.25, 0.3) is 0 Å². The van der Waals surface area contributed by atoms with Gasteiger partial charge in [-0.05, 0) is 17.3 Å². The van der Waals surface area contributed by atoms with Gasteiger partial charge in [0, 0.05) is 5.69 Å². The van der Waals surface area contributed by atoms with Crippen LogP contribution in [-0.4, -0.2) is 15.4 Å². The van der Waals surface area contributed by atoms with Gasteiger partial charge in [0.2, 0.25) is 0 Å². The second-order valence-electron chi connectivity index (χ2n) is 2.62. The maximum absolute atomic E-state index is 5.85. The SMILES string of the molecule is Clc1cnnnc1Nc1ccccc1. The molecule has 0 bridgehead atoms. The van der Waals surface area contributed by atoms with Crippen LogP contribution in [0.2, 0.25) is 5.02 Å². The fourth-order valence-electron chi connectivity index (χ4n) is 0.999. The molecule has 1 aromatic heterocycles. The van der Waals surface area contributed by atoms with Crippen LogP contribution in [0.5, 0.6) is 0 Å². The third-order valence-corrected chi connectivity index (χ3v) is 1.91. The van der Waals surface area contributed by atoms with Gasteiger partial charge < -0.3 is 5.32 Å². The molecule has 0 saturated heterocycles. The summed E-state index contributed by atoms with van der Waals surface area (Å²) in [5.74, 6) is 0.507. The summed E-state index contributed by atoms with van der Waals surface area (Å²) in [6.07, 6.45) is 1.44. The first kappa shape index (κ1) is 8.90. The minimum atomic E-state index is 0.448. The molecule has 4 nitrogen and oxygen atoms in total. The van der Waals surface area contributed by atoms with Crippen LogP contribution in [0.25, 0.3) is 0 Å². The van der Waals surface area contributed by atoms with Crippen molar-refractivity contribution in [2.75, 3.05) is 5.32 Å². The van der Waals surface area contributed by atoms with Crippen molar-refractivity contribution in [3.8, 4) is 0 Å². The number of benzene rings is 1. The van der Waals surface area contributed by atoms with Gasteiger partial charge in [-0.2, -0.15) is 0 Å². The van der Waals surface area contributed by atoms with Gasteiger partial charge in [-0.3, -0.25) is 0 Å². The zero-order valence-corrected chi connectivity index (χ0v) is 7.94. The quantitative estimate of drug-likeness (QED) is 0.819. The van der Waals surface area contributed by atoms with Crippen LogP contribution in [0.4, 0.5) is 11.5 Å². The van der Waals surface area contributed by atoms with Gasteiger partial charge in [-0.25, -0.2) is 0 Å². The number of para-hydroxylation sites is 1. The molecule has 70 valence electrons. The van der Waals surface area contributed by atoms with Gasteiger partial charge in [-0.1, -0.05) is 29.8 Å². The molecule has 0 aliphatic carbocycles. The fraction of sp³-hybridized carbons (Fsp3) is 0. The largest absolute Gasteiger partial charge is 0.337 e. The standard InChI is InChI=1S/C9H7ClN4/c10-8-6-11-14-13-9(8)12-7-4-2-1-3-5-7/h1-6H,(H,11,12,13). The number of nitrogens with one attached hydrogen (secondary N) is 1. The summed E-state index contributed by atoms with van der Waals surface area (Å²) in [7, 11) is 0. The molecule has 0 amide bonds. The Labute approximate surface area is 85.9 Å². The number of hydrogen-bond donors (Lipinski definition) is 1. The van der Waals surface area contributed by atoms with E-state index in [1.54, 1.807) is 0 Å². The van der Waals surface area contributed by atoms with Gasteiger partial charge >= 0.3 is 0 Å². The highest BCUT2D eigenvalue weighted by molar-refractivity contribution is 6.32. The molecular weight excluding hydrogens is 200 g/mol. The molecule has 1 heterocycles. The average Bonchev–Trinajstić information content (AvgIpc) is 2.23. The summed E-state index contributed by atoms with van der Waals surface area (Å²) < 4.78 is 0. The Balaban J connectivity index is 2.24. The number of nitrogens with zero attached hydrogens (tertiary/aromatic N) is 3. The fourth-order valence-corrected chi connectivity index (χ4v) is 1.13. The zero-order chi connectivity index (χ0) is 9.80. The van der Waals surface area contributed by atoms with Crippen molar-refractivity contribution in [1.82, 2.24) is 15.4 Å². The molecule has 14 heavy (non-hydrogen) atoms. The lowest BCUT2D eigenvalue weighted by atomic mass is 10.3. The third kappa shape index (κ3) is 1.97. The van der Waals surface area contributed by atoms with E-state index in [-0.39, 0.29) is 0 Å². The monoisotopic (exact) mass is 206 g/mol. The van der Waals surface area contributed by atoms with Crippen molar-refractivity contribution in [1.29, 1.82) is 0 Å². The molecule has 1 aromatic carbocycles. The molecule has 0 saturated carbocycles. The minimum absolute atomic E-state index is 0.448. The summed E-state index contributed by atoms with van der Waals surface area (Å²) in [5, 5.41) is 14.3. The minimum Gasteiger partial charge on any atom is -0.337 e. The van der Waals surface area contributed by atoms with Crippen molar-refractivity contribution >= 4 is 23.1 Å². The Bertz CT molecular complexity index is 418. The van der Waals surface area contributed by atoms with Crippen molar-refractivity contribution in [3.63, 3.8) is 0 Å². The van der Waals surface area contributed by atoms with Crippen molar-refractivity contribution in [3.05, 3.63) is 41.6 Å². The first-order valence-electron chi connectivity index (χ1n) is 4.02. The van der Waals surface area contributed by atoms with Crippen LogP contribution in [0, 0.1) is 0 Å². The van der Waals surface area contributed by atoms with Crippen LogP contribution in [0.1, 0.15) is 0 Å². The van der Waals surface area contributed by atoms with Crippen molar-refractivity contribution < 1.29 is 0 Å². The Kier molecular flexibility index (Phi) is 2.55. The number of hydrogen-bond acceptors (Lipinski definition) is 4. The maximum Gasteiger partial charge on any atom is 0.175 e. The van der Waals surface area contributed by atoms with E-state index in [1.165, 1.54) is 6.20 Å². The highest BCUT2D eigenvalue weighted by Gasteiger charge is 2.01. The smallest absolute Gasteiger partial charge is 0.175 e. The van der Waals surface area contributed by atoms with E-state index in [2.05, 4.69) is 20.7 Å². The third-order valence-electron chi connectivity index (χ3n) is 1.63. The van der Waals surface area contributed by atoms with Crippen molar-refractivity contribution in [2.24, 2.45) is 0 Å². The lowest BCUT2D eigenvalue weighted by Gasteiger charge is -2.04. The zero-order valence-electron chi connectivity index (χ0n) is 7.18. The van der Waals surface area contributed by atoms with E-state index in [9.17, 15) is 0 Å². The molecule has 2 rings (SSSR count). The highest BCUT2D eigenvalue weighted by Crippen LogP contribution is 2.20. The number of rotatable bonds is 2. The van der Waals surface area contributed by atoms with E-state index in [1.807, 2.05) is 30.3 Å². The number of halogens is 1. The van der Waals surface area contributed by atoms with Crippen LogP contribution in [0.15, 0.2) is 36.5 Å². The predicted molar refractivity (Wildman–Crippen MR) is 54.6 cm³/mol. The summed E-state index contributed by atoms with van der Waals surface area (Å²) >= 11 is 5.85. The van der Waals surface area contributed by atoms with Crippen LogP contribution in [-0.2, 0) is 0 Å². The molecule has 0 atom stereocenters. The molecule has 1 N–H and O–H groups in total. The van der Waals surface area contributed by atoms with E-state index < -0.39 is 0 Å². The van der Waals surface area contributed by atoms with Gasteiger partial charge in [0.15, 0.2) is 5.82 Å².